The van der Waals surface area contributed by atoms with Gasteiger partial charge in [-0.3, -0.25) is 4.79 Å². The maximum absolute atomic E-state index is 11.8. The summed E-state index contributed by atoms with van der Waals surface area (Å²) in [5.41, 5.74) is 2.07. The Hall–Kier alpha value is -0.360. The van der Waals surface area contributed by atoms with E-state index in [1.165, 1.54) is 0 Å². The van der Waals surface area contributed by atoms with E-state index in [4.69, 9.17) is 0 Å². The molecular formula is C10H7BrINO. The lowest BCUT2D eigenvalue weighted by molar-refractivity contribution is 1.32. The zero-order chi connectivity index (χ0) is 10.3. The number of benzene rings is 1. The normalized spacial score (nSPS) is 10.8. The predicted molar refractivity (Wildman–Crippen MR) is 69.7 cm³/mol. The zero-order valence-corrected chi connectivity index (χ0v) is 11.1. The molecule has 0 aliphatic heterocycles. The van der Waals surface area contributed by atoms with Crippen LogP contribution in [0.1, 0.15) is 5.56 Å². The van der Waals surface area contributed by atoms with Crippen molar-refractivity contribution in [3.05, 3.63) is 42.2 Å². The number of hydrogen-bond acceptors (Lipinski definition) is 1. The quantitative estimate of drug-likeness (QED) is 0.716. The number of rotatable bonds is 0. The maximum Gasteiger partial charge on any atom is 0.202 e. The fraction of sp³-hybridized carbons (Fsp3) is 0.100. The molecule has 1 aromatic carbocycles. The van der Waals surface area contributed by atoms with Crippen molar-refractivity contribution in [2.75, 3.05) is 0 Å². The van der Waals surface area contributed by atoms with Crippen molar-refractivity contribution in [1.29, 1.82) is 0 Å². The molecule has 2 rings (SSSR count). The third kappa shape index (κ3) is 1.61. The minimum absolute atomic E-state index is 0.0868. The molecule has 14 heavy (non-hydrogen) atoms. The Bertz CT molecular complexity index is 562. The molecule has 0 aliphatic carbocycles. The van der Waals surface area contributed by atoms with Crippen LogP contribution in [0.25, 0.3) is 10.9 Å². The molecule has 2 aromatic rings. The molecule has 72 valence electrons. The van der Waals surface area contributed by atoms with Crippen LogP contribution in [0.5, 0.6) is 0 Å². The van der Waals surface area contributed by atoms with Crippen LogP contribution in [0.3, 0.4) is 0 Å². The molecule has 4 heteroatoms. The number of aromatic nitrogens is 1. The molecule has 0 unspecified atom stereocenters. The fourth-order valence-electron chi connectivity index (χ4n) is 1.44. The van der Waals surface area contributed by atoms with Crippen molar-refractivity contribution in [3.63, 3.8) is 0 Å². The number of hydrogen-bond donors (Lipinski definition) is 1. The Labute approximate surface area is 103 Å². The first-order chi connectivity index (χ1) is 6.59. The summed E-state index contributed by atoms with van der Waals surface area (Å²) in [5.74, 6) is 0. The minimum atomic E-state index is 0.0868. The van der Waals surface area contributed by atoms with E-state index in [1.54, 1.807) is 6.20 Å². The van der Waals surface area contributed by atoms with Gasteiger partial charge >= 0.3 is 0 Å². The Morgan fingerprint density at radius 1 is 1.43 bits per heavy atom. The maximum atomic E-state index is 11.8. The Balaban J connectivity index is 3.03. The number of halogens is 2. The van der Waals surface area contributed by atoms with Crippen LogP contribution in [0.2, 0.25) is 0 Å². The smallest absolute Gasteiger partial charge is 0.202 e. The van der Waals surface area contributed by atoms with Gasteiger partial charge in [0.05, 0.1) is 9.09 Å². The highest BCUT2D eigenvalue weighted by Crippen LogP contribution is 2.20. The van der Waals surface area contributed by atoms with E-state index in [0.29, 0.717) is 3.57 Å². The lowest BCUT2D eigenvalue weighted by Crippen LogP contribution is -2.06. The molecule has 0 spiro atoms. The molecule has 2 nitrogen and oxygen atoms in total. The summed E-state index contributed by atoms with van der Waals surface area (Å²) in [4.78, 5) is 14.9. The molecule has 0 saturated heterocycles. The van der Waals surface area contributed by atoms with Gasteiger partial charge in [0, 0.05) is 16.1 Å². The Kier molecular flexibility index (Phi) is 2.66. The van der Waals surface area contributed by atoms with Gasteiger partial charge in [0.1, 0.15) is 0 Å². The first kappa shape index (κ1) is 10.2. The first-order valence-corrected chi connectivity index (χ1v) is 5.94. The second-order valence-corrected chi connectivity index (χ2v) is 5.19. The SMILES string of the molecule is Cc1cc(Br)cc2c(=O)c(I)c[nH]c12. The molecule has 0 amide bonds. The van der Waals surface area contributed by atoms with E-state index in [9.17, 15) is 4.79 Å². The average Bonchev–Trinajstić information content (AvgIpc) is 2.12. The van der Waals surface area contributed by atoms with Crippen molar-refractivity contribution >= 4 is 49.4 Å². The summed E-state index contributed by atoms with van der Waals surface area (Å²) >= 11 is 5.42. The van der Waals surface area contributed by atoms with E-state index in [-0.39, 0.29) is 5.43 Å². The number of nitrogens with one attached hydrogen (secondary N) is 1. The van der Waals surface area contributed by atoms with E-state index in [2.05, 4.69) is 20.9 Å². The second-order valence-electron chi connectivity index (χ2n) is 3.11. The molecule has 1 heterocycles. The largest absolute Gasteiger partial charge is 0.360 e. The van der Waals surface area contributed by atoms with Crippen molar-refractivity contribution in [2.45, 2.75) is 6.92 Å². The third-order valence-electron chi connectivity index (χ3n) is 2.11. The van der Waals surface area contributed by atoms with Gasteiger partial charge in [-0.05, 0) is 47.2 Å². The highest BCUT2D eigenvalue weighted by Gasteiger charge is 2.05. The number of pyridine rings is 1. The number of aromatic amines is 1. The van der Waals surface area contributed by atoms with Crippen LogP contribution in [0, 0.1) is 10.5 Å². The van der Waals surface area contributed by atoms with Crippen molar-refractivity contribution < 1.29 is 0 Å². The van der Waals surface area contributed by atoms with Crippen LogP contribution >= 0.6 is 38.5 Å². The summed E-state index contributed by atoms with van der Waals surface area (Å²) in [6.07, 6.45) is 1.74. The van der Waals surface area contributed by atoms with Crippen molar-refractivity contribution in [1.82, 2.24) is 4.98 Å². The lowest BCUT2D eigenvalue weighted by Gasteiger charge is -2.03. The van der Waals surface area contributed by atoms with Gasteiger partial charge in [-0.1, -0.05) is 15.9 Å². The Morgan fingerprint density at radius 3 is 2.86 bits per heavy atom. The van der Waals surface area contributed by atoms with Crippen LogP contribution in [0.15, 0.2) is 27.6 Å². The molecular weight excluding hydrogens is 357 g/mol. The Morgan fingerprint density at radius 2 is 2.14 bits per heavy atom. The molecule has 0 radical (unpaired) electrons. The standard InChI is InChI=1S/C10H7BrINO/c1-5-2-6(11)3-7-9(5)13-4-8(12)10(7)14/h2-4H,1H3,(H,13,14). The summed E-state index contributed by atoms with van der Waals surface area (Å²) in [7, 11) is 0. The lowest BCUT2D eigenvalue weighted by atomic mass is 10.1. The van der Waals surface area contributed by atoms with Gasteiger partial charge in [0.15, 0.2) is 0 Å². The summed E-state index contributed by atoms with van der Waals surface area (Å²) in [6, 6.07) is 3.84. The van der Waals surface area contributed by atoms with E-state index in [1.807, 2.05) is 41.6 Å². The summed E-state index contributed by atoms with van der Waals surface area (Å²) in [5, 5.41) is 0.740. The molecule has 0 saturated carbocycles. The van der Waals surface area contributed by atoms with Gasteiger partial charge in [-0.25, -0.2) is 0 Å². The topological polar surface area (TPSA) is 32.9 Å². The van der Waals surface area contributed by atoms with Gasteiger partial charge in [-0.15, -0.1) is 0 Å². The third-order valence-corrected chi connectivity index (χ3v) is 3.36. The van der Waals surface area contributed by atoms with Crippen LogP contribution in [0.4, 0.5) is 0 Å². The van der Waals surface area contributed by atoms with E-state index >= 15 is 0 Å². The second kappa shape index (κ2) is 3.66. The summed E-state index contributed by atoms with van der Waals surface area (Å²) in [6.45, 7) is 1.98. The van der Waals surface area contributed by atoms with Gasteiger partial charge in [0.2, 0.25) is 5.43 Å². The van der Waals surface area contributed by atoms with Crippen molar-refractivity contribution in [3.8, 4) is 0 Å². The number of aryl methyl sites for hydroxylation is 1. The van der Waals surface area contributed by atoms with Gasteiger partial charge in [-0.2, -0.15) is 0 Å². The number of H-pyrrole nitrogens is 1. The number of fused-ring (bicyclic) bond motifs is 1. The van der Waals surface area contributed by atoms with Crippen LogP contribution in [-0.2, 0) is 0 Å². The van der Waals surface area contributed by atoms with Gasteiger partial charge in [0.25, 0.3) is 0 Å². The predicted octanol–water partition coefficient (Wildman–Crippen LogP) is 3.20. The molecule has 0 aliphatic rings. The van der Waals surface area contributed by atoms with Crippen LogP contribution in [-0.4, -0.2) is 4.98 Å². The fourth-order valence-corrected chi connectivity index (χ4v) is 2.46. The van der Waals surface area contributed by atoms with E-state index in [0.717, 1.165) is 20.9 Å². The molecule has 1 aromatic heterocycles. The molecule has 0 atom stereocenters. The van der Waals surface area contributed by atoms with Crippen molar-refractivity contribution in [2.24, 2.45) is 0 Å². The minimum Gasteiger partial charge on any atom is -0.360 e. The van der Waals surface area contributed by atoms with E-state index < -0.39 is 0 Å². The van der Waals surface area contributed by atoms with Crippen LogP contribution < -0.4 is 5.43 Å². The molecule has 0 bridgehead atoms. The highest BCUT2D eigenvalue weighted by atomic mass is 127. The first-order valence-electron chi connectivity index (χ1n) is 4.06. The van der Waals surface area contributed by atoms with Gasteiger partial charge < -0.3 is 4.98 Å². The monoisotopic (exact) mass is 363 g/mol. The molecule has 0 fully saturated rings. The average molecular weight is 364 g/mol. The highest BCUT2D eigenvalue weighted by molar-refractivity contribution is 14.1. The summed E-state index contributed by atoms with van der Waals surface area (Å²) < 4.78 is 1.66. The zero-order valence-electron chi connectivity index (χ0n) is 7.40. The molecule has 1 N–H and O–H groups in total.